The zero-order chi connectivity index (χ0) is 9.90. The molecule has 0 aromatic carbocycles. The van der Waals surface area contributed by atoms with E-state index in [9.17, 15) is 4.79 Å². The largest absolute Gasteiger partial charge is 0.468 e. The van der Waals surface area contributed by atoms with E-state index in [2.05, 4.69) is 5.32 Å². The summed E-state index contributed by atoms with van der Waals surface area (Å²) in [5, 5.41) is 3.04. The highest BCUT2D eigenvalue weighted by Gasteiger charge is 2.45. The van der Waals surface area contributed by atoms with Crippen molar-refractivity contribution in [1.82, 2.24) is 5.32 Å². The predicted molar refractivity (Wildman–Crippen MR) is 48.5 cm³/mol. The first-order valence-electron chi connectivity index (χ1n) is 4.48. The van der Waals surface area contributed by atoms with Crippen molar-refractivity contribution < 1.29 is 14.3 Å². The molecule has 1 rings (SSSR count). The molecule has 0 spiro atoms. The van der Waals surface area contributed by atoms with Gasteiger partial charge in [0.25, 0.3) is 0 Å². The number of ether oxygens (including phenoxy) is 2. The highest BCUT2D eigenvalue weighted by molar-refractivity contribution is 5.81. The molecule has 0 radical (unpaired) electrons. The van der Waals surface area contributed by atoms with Crippen LogP contribution in [0, 0.1) is 0 Å². The van der Waals surface area contributed by atoms with Gasteiger partial charge in [0, 0.05) is 13.5 Å². The maximum absolute atomic E-state index is 11.5. The first-order valence-corrected chi connectivity index (χ1v) is 4.48. The number of hydrogen-bond acceptors (Lipinski definition) is 4. The lowest BCUT2D eigenvalue weighted by molar-refractivity contribution is -0.148. The van der Waals surface area contributed by atoms with Gasteiger partial charge < -0.3 is 14.8 Å². The fourth-order valence-electron chi connectivity index (χ4n) is 1.91. The van der Waals surface area contributed by atoms with E-state index in [0.29, 0.717) is 6.42 Å². The van der Waals surface area contributed by atoms with E-state index in [1.807, 2.05) is 0 Å². The van der Waals surface area contributed by atoms with E-state index in [4.69, 9.17) is 9.47 Å². The van der Waals surface area contributed by atoms with Crippen LogP contribution >= 0.6 is 0 Å². The van der Waals surface area contributed by atoms with E-state index in [0.717, 1.165) is 12.8 Å². The van der Waals surface area contributed by atoms with Gasteiger partial charge in [-0.05, 0) is 19.9 Å². The molecule has 2 unspecified atom stereocenters. The zero-order valence-electron chi connectivity index (χ0n) is 8.42. The SMILES string of the molecule is CNC1(C(=O)OC)CCC(OC)C1. The van der Waals surface area contributed by atoms with Crippen LogP contribution in [0.4, 0.5) is 0 Å². The van der Waals surface area contributed by atoms with Gasteiger partial charge in [0.15, 0.2) is 0 Å². The number of rotatable bonds is 3. The van der Waals surface area contributed by atoms with Crippen molar-refractivity contribution in [3.05, 3.63) is 0 Å². The third-order valence-electron chi connectivity index (χ3n) is 2.86. The fraction of sp³-hybridized carbons (Fsp3) is 0.889. The Labute approximate surface area is 78.6 Å². The lowest BCUT2D eigenvalue weighted by atomic mass is 9.98. The number of methoxy groups -OCH3 is 2. The van der Waals surface area contributed by atoms with Crippen molar-refractivity contribution in [2.45, 2.75) is 30.9 Å². The minimum Gasteiger partial charge on any atom is -0.468 e. The molecule has 0 heterocycles. The molecule has 1 aliphatic carbocycles. The Morgan fingerprint density at radius 1 is 1.54 bits per heavy atom. The van der Waals surface area contributed by atoms with Crippen LogP contribution in [-0.2, 0) is 14.3 Å². The maximum Gasteiger partial charge on any atom is 0.326 e. The Kier molecular flexibility index (Phi) is 3.27. The van der Waals surface area contributed by atoms with Crippen molar-refractivity contribution in [2.75, 3.05) is 21.3 Å². The molecule has 2 atom stereocenters. The lowest BCUT2D eigenvalue weighted by Crippen LogP contribution is -2.49. The second kappa shape index (κ2) is 4.07. The summed E-state index contributed by atoms with van der Waals surface area (Å²) in [6.45, 7) is 0. The van der Waals surface area contributed by atoms with Crippen molar-refractivity contribution in [3.63, 3.8) is 0 Å². The molecular formula is C9H17NO3. The third kappa shape index (κ3) is 1.84. The number of carbonyl (C=O) groups is 1. The second-order valence-electron chi connectivity index (χ2n) is 3.42. The molecular weight excluding hydrogens is 170 g/mol. The van der Waals surface area contributed by atoms with Gasteiger partial charge in [0.2, 0.25) is 0 Å². The molecule has 0 bridgehead atoms. The normalized spacial score (nSPS) is 33.3. The standard InChI is InChI=1S/C9H17NO3/c1-10-9(8(11)13-3)5-4-7(6-9)12-2/h7,10H,4-6H2,1-3H3. The van der Waals surface area contributed by atoms with Crippen LogP contribution in [0.3, 0.4) is 0 Å². The minimum atomic E-state index is -0.518. The monoisotopic (exact) mass is 187 g/mol. The number of likely N-dealkylation sites (N-methyl/N-ethyl adjacent to an activating group) is 1. The zero-order valence-corrected chi connectivity index (χ0v) is 8.42. The van der Waals surface area contributed by atoms with Crippen molar-refractivity contribution in [2.24, 2.45) is 0 Å². The van der Waals surface area contributed by atoms with Gasteiger partial charge in [-0.3, -0.25) is 4.79 Å². The van der Waals surface area contributed by atoms with Crippen LogP contribution in [-0.4, -0.2) is 38.9 Å². The summed E-state index contributed by atoms with van der Waals surface area (Å²) in [7, 11) is 4.88. The second-order valence-corrected chi connectivity index (χ2v) is 3.42. The number of nitrogens with one attached hydrogen (secondary N) is 1. The molecule has 4 nitrogen and oxygen atoms in total. The molecule has 1 N–H and O–H groups in total. The van der Waals surface area contributed by atoms with Gasteiger partial charge in [-0.15, -0.1) is 0 Å². The smallest absolute Gasteiger partial charge is 0.326 e. The van der Waals surface area contributed by atoms with Gasteiger partial charge in [-0.2, -0.15) is 0 Å². The quantitative estimate of drug-likeness (QED) is 0.646. The fourth-order valence-corrected chi connectivity index (χ4v) is 1.91. The average molecular weight is 187 g/mol. The molecule has 1 fully saturated rings. The van der Waals surface area contributed by atoms with Crippen LogP contribution in [0.25, 0.3) is 0 Å². The molecule has 0 aliphatic heterocycles. The summed E-state index contributed by atoms with van der Waals surface area (Å²) in [6, 6.07) is 0. The van der Waals surface area contributed by atoms with Crippen LogP contribution in [0.15, 0.2) is 0 Å². The van der Waals surface area contributed by atoms with Crippen molar-refractivity contribution in [3.8, 4) is 0 Å². The van der Waals surface area contributed by atoms with E-state index < -0.39 is 5.54 Å². The third-order valence-corrected chi connectivity index (χ3v) is 2.86. The highest BCUT2D eigenvalue weighted by Crippen LogP contribution is 2.32. The van der Waals surface area contributed by atoms with Crippen LogP contribution in [0.2, 0.25) is 0 Å². The Morgan fingerprint density at radius 3 is 2.62 bits per heavy atom. The van der Waals surface area contributed by atoms with Gasteiger partial charge in [0.1, 0.15) is 5.54 Å². The first kappa shape index (κ1) is 10.5. The summed E-state index contributed by atoms with van der Waals surface area (Å²) in [5.41, 5.74) is -0.518. The van der Waals surface area contributed by atoms with Gasteiger partial charge >= 0.3 is 5.97 Å². The van der Waals surface area contributed by atoms with Gasteiger partial charge in [0.05, 0.1) is 13.2 Å². The van der Waals surface area contributed by atoms with E-state index in [1.165, 1.54) is 7.11 Å². The number of carbonyl (C=O) groups excluding carboxylic acids is 1. The van der Waals surface area contributed by atoms with Crippen molar-refractivity contribution >= 4 is 5.97 Å². The van der Waals surface area contributed by atoms with Crippen molar-refractivity contribution in [1.29, 1.82) is 0 Å². The van der Waals surface area contributed by atoms with Gasteiger partial charge in [-0.25, -0.2) is 0 Å². The first-order chi connectivity index (χ1) is 6.18. The molecule has 0 amide bonds. The summed E-state index contributed by atoms with van der Waals surface area (Å²) >= 11 is 0. The number of hydrogen-bond donors (Lipinski definition) is 1. The topological polar surface area (TPSA) is 47.6 Å². The summed E-state index contributed by atoms with van der Waals surface area (Å²) in [4.78, 5) is 11.5. The Bertz CT molecular complexity index is 195. The Hall–Kier alpha value is -0.610. The highest BCUT2D eigenvalue weighted by atomic mass is 16.5. The van der Waals surface area contributed by atoms with E-state index in [-0.39, 0.29) is 12.1 Å². The van der Waals surface area contributed by atoms with E-state index in [1.54, 1.807) is 14.2 Å². The molecule has 1 aliphatic rings. The summed E-state index contributed by atoms with van der Waals surface area (Å²) < 4.78 is 9.98. The van der Waals surface area contributed by atoms with Crippen LogP contribution < -0.4 is 5.32 Å². The molecule has 13 heavy (non-hydrogen) atoms. The van der Waals surface area contributed by atoms with Crippen LogP contribution in [0.1, 0.15) is 19.3 Å². The Morgan fingerprint density at radius 2 is 2.23 bits per heavy atom. The molecule has 0 aromatic rings. The molecule has 76 valence electrons. The maximum atomic E-state index is 11.5. The summed E-state index contributed by atoms with van der Waals surface area (Å²) in [5.74, 6) is -0.186. The van der Waals surface area contributed by atoms with Crippen LogP contribution in [0.5, 0.6) is 0 Å². The lowest BCUT2D eigenvalue weighted by Gasteiger charge is -2.25. The number of esters is 1. The Balaban J connectivity index is 2.67. The predicted octanol–water partition coefficient (Wildman–Crippen LogP) is 0.316. The molecule has 1 saturated carbocycles. The molecule has 0 aromatic heterocycles. The molecule has 4 heteroatoms. The van der Waals surface area contributed by atoms with E-state index >= 15 is 0 Å². The summed E-state index contributed by atoms with van der Waals surface area (Å²) in [6.07, 6.45) is 2.57. The molecule has 0 saturated heterocycles. The average Bonchev–Trinajstić information content (AvgIpc) is 2.61. The minimum absolute atomic E-state index is 0.173. The van der Waals surface area contributed by atoms with Gasteiger partial charge in [-0.1, -0.05) is 0 Å².